The van der Waals surface area contributed by atoms with Crippen molar-refractivity contribution in [3.05, 3.63) is 59.4 Å². The molecule has 8 heteroatoms. The van der Waals surface area contributed by atoms with Crippen LogP contribution in [0.25, 0.3) is 11.3 Å². The number of aromatic amines is 1. The topological polar surface area (TPSA) is 66.1 Å². The highest BCUT2D eigenvalue weighted by Crippen LogP contribution is 2.21. The normalized spacial score (nSPS) is 12.0. The van der Waals surface area contributed by atoms with Gasteiger partial charge >= 0.3 is 0 Å². The third kappa shape index (κ3) is 5.03. The third-order valence-electron chi connectivity index (χ3n) is 4.33. The first-order valence-electron chi connectivity index (χ1n) is 8.77. The van der Waals surface area contributed by atoms with E-state index in [1.165, 1.54) is 27.8 Å². The Morgan fingerprint density at radius 2 is 2.00 bits per heavy atom. The summed E-state index contributed by atoms with van der Waals surface area (Å²) in [5, 5.41) is 8.99. The summed E-state index contributed by atoms with van der Waals surface area (Å²) in [6, 6.07) is 11.7. The van der Waals surface area contributed by atoms with Gasteiger partial charge in [-0.15, -0.1) is 11.3 Å². The molecule has 3 rings (SSSR count). The summed E-state index contributed by atoms with van der Waals surface area (Å²) >= 11 is 1.24. The number of unbranched alkanes of at least 4 members (excludes halogenated alkanes) is 2. The number of thiophene rings is 1. The molecule has 27 heavy (non-hydrogen) atoms. The smallest absolute Gasteiger partial charge is 0.252 e. The maximum Gasteiger partial charge on any atom is 0.252 e. The van der Waals surface area contributed by atoms with Gasteiger partial charge in [0, 0.05) is 24.8 Å². The molecule has 0 aliphatic rings. The molecule has 5 nitrogen and oxygen atoms in total. The number of rotatable bonds is 9. The van der Waals surface area contributed by atoms with E-state index in [4.69, 9.17) is 0 Å². The number of sulfonamides is 1. The molecule has 0 aliphatic heterocycles. The average molecular weight is 408 g/mol. The summed E-state index contributed by atoms with van der Waals surface area (Å²) in [4.78, 5) is 0. The summed E-state index contributed by atoms with van der Waals surface area (Å²) in [5.74, 6) is -0.279. The lowest BCUT2D eigenvalue weighted by Crippen LogP contribution is -2.27. The van der Waals surface area contributed by atoms with Crippen LogP contribution in [-0.2, 0) is 16.4 Å². The van der Waals surface area contributed by atoms with Crippen LogP contribution in [0.5, 0.6) is 0 Å². The molecule has 2 heterocycles. The fourth-order valence-electron chi connectivity index (χ4n) is 2.80. The Morgan fingerprint density at radius 1 is 1.15 bits per heavy atom. The van der Waals surface area contributed by atoms with Crippen LogP contribution in [0.3, 0.4) is 0 Å². The van der Waals surface area contributed by atoms with Crippen LogP contribution in [0.4, 0.5) is 4.39 Å². The molecule has 0 fully saturated rings. The van der Waals surface area contributed by atoms with Crippen molar-refractivity contribution in [3.63, 3.8) is 0 Å². The zero-order valence-corrected chi connectivity index (χ0v) is 16.7. The minimum Gasteiger partial charge on any atom is -0.282 e. The highest BCUT2D eigenvalue weighted by Gasteiger charge is 2.20. The molecular weight excluding hydrogens is 385 g/mol. The van der Waals surface area contributed by atoms with Gasteiger partial charge in [0.15, 0.2) is 0 Å². The Kier molecular flexibility index (Phi) is 6.41. The zero-order chi connectivity index (χ0) is 19.3. The molecule has 0 amide bonds. The molecule has 0 bridgehead atoms. The maximum atomic E-state index is 13.3. The van der Waals surface area contributed by atoms with Crippen LogP contribution in [0, 0.1) is 5.82 Å². The van der Waals surface area contributed by atoms with Gasteiger partial charge in [-0.25, -0.2) is 17.1 Å². The van der Waals surface area contributed by atoms with Crippen LogP contribution in [0.15, 0.2) is 52.1 Å². The number of aryl methyl sites for hydroxylation is 1. The quantitative estimate of drug-likeness (QED) is 0.538. The fraction of sp³-hybridized carbons (Fsp3) is 0.316. The third-order valence-corrected chi connectivity index (χ3v) is 7.56. The lowest BCUT2D eigenvalue weighted by atomic mass is 10.1. The van der Waals surface area contributed by atoms with Gasteiger partial charge in [-0.2, -0.15) is 5.10 Å². The molecule has 0 radical (unpaired) electrons. The lowest BCUT2D eigenvalue weighted by molar-refractivity contribution is 0.453. The molecule has 144 valence electrons. The predicted octanol–water partition coefficient (Wildman–Crippen LogP) is 4.31. The molecule has 3 aromatic rings. The van der Waals surface area contributed by atoms with E-state index in [2.05, 4.69) is 10.2 Å². The number of hydrogen-bond acceptors (Lipinski definition) is 4. The van der Waals surface area contributed by atoms with E-state index in [9.17, 15) is 12.8 Å². The van der Waals surface area contributed by atoms with Crippen molar-refractivity contribution >= 4 is 21.4 Å². The summed E-state index contributed by atoms with van der Waals surface area (Å²) in [6.07, 6.45) is 3.46. The van der Waals surface area contributed by atoms with Crippen LogP contribution in [-0.4, -0.2) is 36.5 Å². The van der Waals surface area contributed by atoms with Gasteiger partial charge < -0.3 is 0 Å². The first kappa shape index (κ1) is 19.7. The first-order valence-corrected chi connectivity index (χ1v) is 11.1. The van der Waals surface area contributed by atoms with Gasteiger partial charge in [0.2, 0.25) is 0 Å². The number of nitrogens with one attached hydrogen (secondary N) is 1. The van der Waals surface area contributed by atoms with E-state index in [1.54, 1.807) is 30.6 Å². The molecule has 2 aromatic heterocycles. The Hall–Kier alpha value is -2.03. The zero-order valence-electron chi connectivity index (χ0n) is 15.1. The maximum absolute atomic E-state index is 13.3. The number of benzene rings is 1. The van der Waals surface area contributed by atoms with Crippen LogP contribution in [0.2, 0.25) is 0 Å². The minimum atomic E-state index is -3.36. The molecule has 0 saturated carbocycles. The van der Waals surface area contributed by atoms with Crippen LogP contribution < -0.4 is 0 Å². The molecule has 0 aliphatic carbocycles. The Bertz CT molecular complexity index is 969. The summed E-state index contributed by atoms with van der Waals surface area (Å²) < 4.78 is 39.8. The van der Waals surface area contributed by atoms with Crippen molar-refractivity contribution in [1.82, 2.24) is 14.5 Å². The Balaban J connectivity index is 1.43. The van der Waals surface area contributed by atoms with Gasteiger partial charge in [-0.3, -0.25) is 5.10 Å². The first-order chi connectivity index (χ1) is 13.0. The molecule has 0 spiro atoms. The van der Waals surface area contributed by atoms with Crippen LogP contribution in [0.1, 0.15) is 25.0 Å². The van der Waals surface area contributed by atoms with Crippen molar-refractivity contribution in [2.75, 3.05) is 13.6 Å². The van der Waals surface area contributed by atoms with Crippen molar-refractivity contribution in [2.24, 2.45) is 0 Å². The Morgan fingerprint density at radius 3 is 2.74 bits per heavy atom. The van der Waals surface area contributed by atoms with Gasteiger partial charge in [0.05, 0.1) is 5.69 Å². The number of nitrogens with zero attached hydrogens (tertiary/aromatic N) is 2. The number of aromatic nitrogens is 2. The summed E-state index contributed by atoms with van der Waals surface area (Å²) in [6.45, 7) is 0.498. The van der Waals surface area contributed by atoms with E-state index in [1.807, 2.05) is 12.1 Å². The number of halogens is 1. The Labute approximate surface area is 162 Å². The van der Waals surface area contributed by atoms with Gasteiger partial charge in [-0.1, -0.05) is 24.6 Å². The van der Waals surface area contributed by atoms with Gasteiger partial charge in [0.25, 0.3) is 10.0 Å². The minimum absolute atomic E-state index is 0.279. The van der Waals surface area contributed by atoms with E-state index >= 15 is 0 Å². The monoisotopic (exact) mass is 407 g/mol. The van der Waals surface area contributed by atoms with Crippen molar-refractivity contribution < 1.29 is 12.8 Å². The van der Waals surface area contributed by atoms with E-state index in [0.29, 0.717) is 10.8 Å². The molecule has 1 aromatic carbocycles. The van der Waals surface area contributed by atoms with E-state index in [0.717, 1.165) is 42.6 Å². The number of H-pyrrole nitrogens is 1. The molecule has 0 unspecified atom stereocenters. The lowest BCUT2D eigenvalue weighted by Gasteiger charge is -2.15. The second-order valence-electron chi connectivity index (χ2n) is 6.36. The van der Waals surface area contributed by atoms with Crippen molar-refractivity contribution in [2.45, 2.75) is 29.9 Å². The summed E-state index contributed by atoms with van der Waals surface area (Å²) in [5.41, 5.74) is 2.47. The van der Waals surface area contributed by atoms with E-state index < -0.39 is 10.0 Å². The molecule has 1 N–H and O–H groups in total. The second kappa shape index (κ2) is 8.77. The standard InChI is InChI=1S/C19H22FN3O2S2/c1-23(27(24,25)19-10-6-12-26-19)11-4-2-3-9-17-14-18(22-21-17)15-7-5-8-16(20)13-15/h5-8,10,12-14H,2-4,9,11H2,1H3,(H,21,22). The fourth-order valence-corrected chi connectivity index (χ4v) is 5.21. The summed E-state index contributed by atoms with van der Waals surface area (Å²) in [7, 11) is -1.74. The highest BCUT2D eigenvalue weighted by atomic mass is 32.2. The largest absolute Gasteiger partial charge is 0.282 e. The van der Waals surface area contributed by atoms with Gasteiger partial charge in [-0.05, 0) is 48.9 Å². The van der Waals surface area contributed by atoms with Crippen LogP contribution >= 0.6 is 11.3 Å². The van der Waals surface area contributed by atoms with Crippen molar-refractivity contribution in [3.8, 4) is 11.3 Å². The predicted molar refractivity (Wildman–Crippen MR) is 106 cm³/mol. The van der Waals surface area contributed by atoms with E-state index in [-0.39, 0.29) is 5.82 Å². The molecular formula is C19H22FN3O2S2. The highest BCUT2D eigenvalue weighted by molar-refractivity contribution is 7.91. The molecule has 0 atom stereocenters. The van der Waals surface area contributed by atoms with Gasteiger partial charge in [0.1, 0.15) is 10.0 Å². The number of hydrogen-bond donors (Lipinski definition) is 1. The average Bonchev–Trinajstić information content (AvgIpc) is 3.33. The second-order valence-corrected chi connectivity index (χ2v) is 9.58. The molecule has 0 saturated heterocycles. The SMILES string of the molecule is CN(CCCCCc1cc(-c2cccc(F)c2)n[nH]1)S(=O)(=O)c1cccs1. The van der Waals surface area contributed by atoms with Crippen molar-refractivity contribution in [1.29, 1.82) is 0 Å².